The van der Waals surface area contributed by atoms with E-state index in [1.807, 2.05) is 18.3 Å². The van der Waals surface area contributed by atoms with Crippen molar-refractivity contribution >= 4 is 28.8 Å². The van der Waals surface area contributed by atoms with Crippen LogP contribution in [0.2, 0.25) is 0 Å². The first-order valence-electron chi connectivity index (χ1n) is 7.38. The van der Waals surface area contributed by atoms with Crippen molar-refractivity contribution in [3.63, 3.8) is 0 Å². The molecule has 120 valence electrons. The van der Waals surface area contributed by atoms with E-state index in [4.69, 9.17) is 0 Å². The minimum absolute atomic E-state index is 0.0301. The molecule has 6 heteroatoms. The lowest BCUT2D eigenvalue weighted by Crippen LogP contribution is -2.43. The van der Waals surface area contributed by atoms with Gasteiger partial charge in [0.1, 0.15) is 11.5 Å². The van der Waals surface area contributed by atoms with Crippen LogP contribution >= 0.6 is 0 Å². The van der Waals surface area contributed by atoms with Crippen molar-refractivity contribution in [3.8, 4) is 11.6 Å². The van der Waals surface area contributed by atoms with E-state index in [0.29, 0.717) is 5.22 Å². The number of aromatic nitrogens is 2. The first-order valence-corrected chi connectivity index (χ1v) is 7.38. The van der Waals surface area contributed by atoms with Gasteiger partial charge in [-0.05, 0) is 29.0 Å². The molecule has 0 aliphatic heterocycles. The van der Waals surface area contributed by atoms with E-state index in [-0.39, 0.29) is 29.0 Å². The number of aliphatic hydroxyl groups excluding tert-OH is 1. The van der Waals surface area contributed by atoms with Crippen molar-refractivity contribution in [1.29, 1.82) is 0 Å². The number of benzene rings is 1. The summed E-state index contributed by atoms with van der Waals surface area (Å²) in [5.74, 6) is -0.0912. The smallest absolute Gasteiger partial charge is 0.261 e. The van der Waals surface area contributed by atoms with Gasteiger partial charge in [0.15, 0.2) is 5.88 Å². The quantitative estimate of drug-likeness (QED) is 0.464. The summed E-state index contributed by atoms with van der Waals surface area (Å²) in [5, 5.41) is 30.9. The predicted molar refractivity (Wildman–Crippen MR) is 91.0 cm³/mol. The van der Waals surface area contributed by atoms with Crippen molar-refractivity contribution in [2.75, 3.05) is 0 Å². The van der Waals surface area contributed by atoms with E-state index in [0.717, 1.165) is 22.0 Å². The van der Waals surface area contributed by atoms with Crippen LogP contribution < -0.4 is 16.0 Å². The van der Waals surface area contributed by atoms with E-state index < -0.39 is 5.56 Å². The van der Waals surface area contributed by atoms with Crippen LogP contribution in [-0.2, 0) is 0 Å². The number of phenolic OH excluding ortho intramolecular Hbond substituents is 1. The molecule has 0 spiro atoms. The SMILES string of the molecule is O=c1[nH]c(O)cc2c1=C(O)CC(=Cc1c[nH]c3cc(O)ccc13)C=2. The Morgan fingerprint density at radius 2 is 1.96 bits per heavy atom. The molecule has 5 N–H and O–H groups in total. The van der Waals surface area contributed by atoms with Gasteiger partial charge in [0.2, 0.25) is 0 Å². The number of rotatable bonds is 1. The molecule has 1 aromatic carbocycles. The lowest BCUT2D eigenvalue weighted by atomic mass is 10.00. The van der Waals surface area contributed by atoms with Crippen LogP contribution in [-0.4, -0.2) is 25.3 Å². The van der Waals surface area contributed by atoms with Crippen LogP contribution in [0.3, 0.4) is 0 Å². The monoisotopic (exact) mass is 322 g/mol. The van der Waals surface area contributed by atoms with Crippen molar-refractivity contribution in [2.45, 2.75) is 6.42 Å². The van der Waals surface area contributed by atoms with Gasteiger partial charge in [-0.1, -0.05) is 6.08 Å². The molecule has 0 amide bonds. The van der Waals surface area contributed by atoms with Crippen molar-refractivity contribution in [3.05, 3.63) is 62.4 Å². The van der Waals surface area contributed by atoms with E-state index in [2.05, 4.69) is 9.97 Å². The number of aliphatic hydroxyl groups is 1. The largest absolute Gasteiger partial charge is 0.511 e. The Bertz CT molecular complexity index is 1180. The van der Waals surface area contributed by atoms with Crippen LogP contribution in [0, 0.1) is 0 Å². The first kappa shape index (κ1) is 14.2. The number of hydrogen-bond acceptors (Lipinski definition) is 4. The van der Waals surface area contributed by atoms with Gasteiger partial charge in [-0.15, -0.1) is 0 Å². The molecule has 4 rings (SSSR count). The number of fused-ring (bicyclic) bond motifs is 2. The molecule has 6 nitrogen and oxygen atoms in total. The summed E-state index contributed by atoms with van der Waals surface area (Å²) < 4.78 is 0. The topological polar surface area (TPSA) is 109 Å². The minimum atomic E-state index is -0.514. The lowest BCUT2D eigenvalue weighted by molar-refractivity contribution is 0.449. The van der Waals surface area contributed by atoms with E-state index in [1.54, 1.807) is 18.2 Å². The zero-order valence-electron chi connectivity index (χ0n) is 12.5. The normalized spacial score (nSPS) is 15.5. The van der Waals surface area contributed by atoms with Gasteiger partial charge in [0.25, 0.3) is 5.56 Å². The zero-order chi connectivity index (χ0) is 16.8. The van der Waals surface area contributed by atoms with Gasteiger partial charge in [-0.3, -0.25) is 9.78 Å². The Morgan fingerprint density at radius 3 is 2.79 bits per heavy atom. The van der Waals surface area contributed by atoms with Crippen LogP contribution in [0.25, 0.3) is 28.8 Å². The second-order valence-corrected chi connectivity index (χ2v) is 5.78. The highest BCUT2D eigenvalue weighted by Crippen LogP contribution is 2.26. The Labute approximate surface area is 135 Å². The summed E-state index contributed by atoms with van der Waals surface area (Å²) >= 11 is 0. The van der Waals surface area contributed by atoms with E-state index in [1.165, 1.54) is 6.07 Å². The molecule has 2 aromatic heterocycles. The fraction of sp³-hybridized carbons (Fsp3) is 0.0556. The van der Waals surface area contributed by atoms with E-state index >= 15 is 0 Å². The molecule has 24 heavy (non-hydrogen) atoms. The van der Waals surface area contributed by atoms with Crippen molar-refractivity contribution in [1.82, 2.24) is 9.97 Å². The molecule has 0 saturated heterocycles. The third-order valence-corrected chi connectivity index (χ3v) is 4.09. The number of aromatic hydroxyl groups is 2. The first-order chi connectivity index (χ1) is 11.5. The molecular formula is C18H14N2O4. The number of phenols is 1. The number of hydrogen-bond donors (Lipinski definition) is 5. The molecular weight excluding hydrogens is 308 g/mol. The zero-order valence-corrected chi connectivity index (χ0v) is 12.5. The second-order valence-electron chi connectivity index (χ2n) is 5.78. The maximum Gasteiger partial charge on any atom is 0.261 e. The van der Waals surface area contributed by atoms with Crippen LogP contribution in [0.15, 0.2) is 40.8 Å². The highest BCUT2D eigenvalue weighted by Gasteiger charge is 2.12. The fourth-order valence-corrected chi connectivity index (χ4v) is 3.06. The number of nitrogens with one attached hydrogen (secondary N) is 2. The highest BCUT2D eigenvalue weighted by molar-refractivity contribution is 5.91. The van der Waals surface area contributed by atoms with Gasteiger partial charge in [0.05, 0.1) is 5.22 Å². The highest BCUT2D eigenvalue weighted by atomic mass is 16.3. The molecule has 0 radical (unpaired) electrons. The lowest BCUT2D eigenvalue weighted by Gasteiger charge is -2.08. The molecule has 0 saturated carbocycles. The summed E-state index contributed by atoms with van der Waals surface area (Å²) in [6.45, 7) is 0. The fourth-order valence-electron chi connectivity index (χ4n) is 3.06. The molecule has 1 aliphatic carbocycles. The van der Waals surface area contributed by atoms with Gasteiger partial charge < -0.3 is 20.3 Å². The maximum atomic E-state index is 11.9. The second kappa shape index (κ2) is 5.06. The number of H-pyrrole nitrogens is 2. The predicted octanol–water partition coefficient (Wildman–Crippen LogP) is 1.20. The third kappa shape index (κ3) is 2.25. The summed E-state index contributed by atoms with van der Waals surface area (Å²) in [6, 6.07) is 6.47. The summed E-state index contributed by atoms with van der Waals surface area (Å²) in [4.78, 5) is 17.2. The summed E-state index contributed by atoms with van der Waals surface area (Å²) in [6.07, 6.45) is 5.70. The van der Waals surface area contributed by atoms with Gasteiger partial charge >= 0.3 is 0 Å². The van der Waals surface area contributed by atoms with Gasteiger partial charge in [0, 0.05) is 41.2 Å². The van der Waals surface area contributed by atoms with Crippen molar-refractivity contribution < 1.29 is 15.3 Å². The van der Waals surface area contributed by atoms with Gasteiger partial charge in [-0.25, -0.2) is 0 Å². The molecule has 0 unspecified atom stereocenters. The standard InChI is InChI=1S/C18H14N2O4/c21-12-1-2-13-11(8-19-14(13)7-12)4-9-3-10-6-16(23)20-18(24)17(10)15(22)5-9/h1-4,6-8,19,21-23H,5H2,(H,20,24). The van der Waals surface area contributed by atoms with Gasteiger partial charge in [-0.2, -0.15) is 0 Å². The Hall–Kier alpha value is -3.41. The van der Waals surface area contributed by atoms with E-state index in [9.17, 15) is 20.1 Å². The summed E-state index contributed by atoms with van der Waals surface area (Å²) in [7, 11) is 0. The summed E-state index contributed by atoms with van der Waals surface area (Å²) in [5.41, 5.74) is 2.00. The average molecular weight is 322 g/mol. The van der Waals surface area contributed by atoms with Crippen LogP contribution in [0.1, 0.15) is 12.0 Å². The number of aromatic amines is 2. The molecule has 2 heterocycles. The van der Waals surface area contributed by atoms with Crippen molar-refractivity contribution in [2.24, 2.45) is 0 Å². The third-order valence-electron chi connectivity index (χ3n) is 4.09. The Balaban J connectivity index is 1.90. The average Bonchev–Trinajstić information content (AvgIpc) is 2.88. The Morgan fingerprint density at radius 1 is 1.12 bits per heavy atom. The molecule has 0 bridgehead atoms. The molecule has 0 fully saturated rings. The van der Waals surface area contributed by atoms with Crippen LogP contribution in [0.4, 0.5) is 0 Å². The Kier molecular flexibility index (Phi) is 2.99. The number of pyridine rings is 1. The minimum Gasteiger partial charge on any atom is -0.511 e. The van der Waals surface area contributed by atoms with Crippen LogP contribution in [0.5, 0.6) is 11.6 Å². The molecule has 1 aliphatic rings. The maximum absolute atomic E-state index is 11.9. The molecule has 3 aromatic rings. The molecule has 0 atom stereocenters.